The summed E-state index contributed by atoms with van der Waals surface area (Å²) in [6, 6.07) is 5.05. The predicted octanol–water partition coefficient (Wildman–Crippen LogP) is 3.21. The lowest BCUT2D eigenvalue weighted by molar-refractivity contribution is 0.200. The number of ether oxygens (including phenoxy) is 2. The predicted molar refractivity (Wildman–Crippen MR) is 56.3 cm³/mol. The van der Waals surface area contributed by atoms with Gasteiger partial charge in [-0.1, -0.05) is 11.6 Å². The van der Waals surface area contributed by atoms with Crippen LogP contribution in [0.5, 0.6) is 5.75 Å². The first-order valence-electron chi connectivity index (χ1n) is 3.76. The minimum Gasteiger partial charge on any atom is -0.496 e. The average molecular weight is 233 g/mol. The molecule has 0 aliphatic carbocycles. The summed E-state index contributed by atoms with van der Waals surface area (Å²) in [6.07, 6.45) is 0. The van der Waals surface area contributed by atoms with Gasteiger partial charge in [0.25, 0.3) is 0 Å². The quantitative estimate of drug-likeness (QED) is 0.580. The maximum atomic E-state index is 11.0. The van der Waals surface area contributed by atoms with Crippen LogP contribution in [0.25, 0.3) is 0 Å². The summed E-state index contributed by atoms with van der Waals surface area (Å²) in [5.41, 5.74) is 0. The van der Waals surface area contributed by atoms with Crippen LogP contribution in [0.15, 0.2) is 23.1 Å². The van der Waals surface area contributed by atoms with Crippen LogP contribution >= 0.6 is 23.4 Å². The number of rotatable bonds is 2. The van der Waals surface area contributed by atoms with Crippen LogP contribution in [0.4, 0.5) is 4.79 Å². The van der Waals surface area contributed by atoms with Crippen LogP contribution in [-0.2, 0) is 4.74 Å². The molecular weight excluding hydrogens is 224 g/mol. The van der Waals surface area contributed by atoms with Crippen molar-refractivity contribution in [1.29, 1.82) is 0 Å². The van der Waals surface area contributed by atoms with Gasteiger partial charge >= 0.3 is 5.30 Å². The molecule has 1 aromatic rings. The smallest absolute Gasteiger partial charge is 0.372 e. The molecule has 0 unspecified atom stereocenters. The monoisotopic (exact) mass is 232 g/mol. The number of carbonyl (C=O) groups is 1. The van der Waals surface area contributed by atoms with Crippen molar-refractivity contribution >= 4 is 28.7 Å². The number of carbonyl (C=O) groups excluding carboxylic acids is 1. The molecule has 0 amide bonds. The fraction of sp³-hybridized carbons (Fsp3) is 0.222. The zero-order chi connectivity index (χ0) is 10.6. The van der Waals surface area contributed by atoms with Gasteiger partial charge in [-0.05, 0) is 30.0 Å². The van der Waals surface area contributed by atoms with Crippen LogP contribution in [0, 0.1) is 0 Å². The molecule has 1 aromatic carbocycles. The minimum absolute atomic E-state index is 0.398. The highest BCUT2D eigenvalue weighted by Gasteiger charge is 2.10. The number of methoxy groups -OCH3 is 2. The number of halogens is 1. The van der Waals surface area contributed by atoms with Crippen LogP contribution in [0.2, 0.25) is 5.02 Å². The first-order valence-corrected chi connectivity index (χ1v) is 4.96. The third-order valence-corrected chi connectivity index (χ3v) is 2.59. The molecule has 0 atom stereocenters. The van der Waals surface area contributed by atoms with Crippen molar-refractivity contribution in [3.05, 3.63) is 23.2 Å². The van der Waals surface area contributed by atoms with Gasteiger partial charge in [-0.2, -0.15) is 0 Å². The summed E-state index contributed by atoms with van der Waals surface area (Å²) in [7, 11) is 2.86. The molecule has 0 N–H and O–H groups in total. The SMILES string of the molecule is COC(=O)Sc1cc(Cl)ccc1OC. The Kier molecular flexibility index (Phi) is 4.10. The van der Waals surface area contributed by atoms with E-state index in [1.54, 1.807) is 18.2 Å². The zero-order valence-corrected chi connectivity index (χ0v) is 9.32. The third-order valence-electron chi connectivity index (χ3n) is 1.49. The van der Waals surface area contributed by atoms with Gasteiger partial charge in [0, 0.05) is 5.02 Å². The highest BCUT2D eigenvalue weighted by Crippen LogP contribution is 2.32. The fourth-order valence-electron chi connectivity index (χ4n) is 0.862. The van der Waals surface area contributed by atoms with Gasteiger partial charge in [0.15, 0.2) is 0 Å². The van der Waals surface area contributed by atoms with Gasteiger partial charge in [0.1, 0.15) is 5.75 Å². The van der Waals surface area contributed by atoms with E-state index in [4.69, 9.17) is 16.3 Å². The standard InChI is InChI=1S/C9H9ClO3S/c1-12-7-4-3-6(10)5-8(7)14-9(11)13-2/h3-5H,1-2H3. The van der Waals surface area contributed by atoms with Crippen molar-refractivity contribution in [2.24, 2.45) is 0 Å². The molecule has 0 saturated carbocycles. The molecule has 0 fully saturated rings. The molecule has 76 valence electrons. The lowest BCUT2D eigenvalue weighted by atomic mass is 10.3. The molecule has 3 nitrogen and oxygen atoms in total. The topological polar surface area (TPSA) is 35.5 Å². The normalized spacial score (nSPS) is 9.64. The molecule has 0 bridgehead atoms. The largest absolute Gasteiger partial charge is 0.496 e. The molecule has 0 spiro atoms. The second-order valence-corrected chi connectivity index (χ2v) is 3.77. The molecule has 14 heavy (non-hydrogen) atoms. The molecule has 0 radical (unpaired) electrons. The van der Waals surface area contributed by atoms with E-state index >= 15 is 0 Å². The Hall–Kier alpha value is -0.870. The van der Waals surface area contributed by atoms with Crippen LogP contribution in [0.3, 0.4) is 0 Å². The number of benzene rings is 1. The molecule has 0 aliphatic heterocycles. The lowest BCUT2D eigenvalue weighted by Gasteiger charge is -2.06. The second-order valence-electron chi connectivity index (χ2n) is 2.35. The number of hydrogen-bond donors (Lipinski definition) is 0. The molecular formula is C9H9ClO3S. The van der Waals surface area contributed by atoms with E-state index in [9.17, 15) is 4.79 Å². The van der Waals surface area contributed by atoms with Gasteiger partial charge in [-0.15, -0.1) is 0 Å². The van der Waals surface area contributed by atoms with Crippen LogP contribution in [0.1, 0.15) is 0 Å². The van der Waals surface area contributed by atoms with Crippen molar-refractivity contribution in [1.82, 2.24) is 0 Å². The highest BCUT2D eigenvalue weighted by molar-refractivity contribution is 8.13. The first-order chi connectivity index (χ1) is 6.67. The third kappa shape index (κ3) is 2.82. The fourth-order valence-corrected chi connectivity index (χ4v) is 1.80. The summed E-state index contributed by atoms with van der Waals surface area (Å²) in [4.78, 5) is 11.6. The Balaban J connectivity index is 2.93. The first kappa shape index (κ1) is 11.2. The van der Waals surface area contributed by atoms with E-state index in [-0.39, 0.29) is 0 Å². The number of hydrogen-bond acceptors (Lipinski definition) is 4. The van der Waals surface area contributed by atoms with Gasteiger partial charge in [0.2, 0.25) is 0 Å². The Morgan fingerprint density at radius 2 is 2.14 bits per heavy atom. The van der Waals surface area contributed by atoms with Gasteiger partial charge < -0.3 is 9.47 Å². The molecule has 0 aromatic heterocycles. The zero-order valence-electron chi connectivity index (χ0n) is 7.74. The van der Waals surface area contributed by atoms with E-state index < -0.39 is 5.30 Å². The lowest BCUT2D eigenvalue weighted by Crippen LogP contribution is -1.92. The summed E-state index contributed by atoms with van der Waals surface area (Å²) in [6.45, 7) is 0. The van der Waals surface area contributed by atoms with Crippen molar-refractivity contribution in [3.8, 4) is 5.75 Å². The molecule has 5 heteroatoms. The molecule has 0 aliphatic rings. The van der Waals surface area contributed by atoms with Crippen LogP contribution in [-0.4, -0.2) is 19.5 Å². The Labute approximate surface area is 91.3 Å². The van der Waals surface area contributed by atoms with E-state index in [0.717, 1.165) is 11.8 Å². The molecule has 0 heterocycles. The highest BCUT2D eigenvalue weighted by atomic mass is 35.5. The van der Waals surface area contributed by atoms with Crippen molar-refractivity contribution in [3.63, 3.8) is 0 Å². The van der Waals surface area contributed by atoms with Crippen molar-refractivity contribution < 1.29 is 14.3 Å². The number of thioether (sulfide) groups is 1. The molecule has 0 saturated heterocycles. The Morgan fingerprint density at radius 3 is 2.71 bits per heavy atom. The summed E-state index contributed by atoms with van der Waals surface area (Å²) in [5.74, 6) is 0.602. The van der Waals surface area contributed by atoms with Crippen molar-refractivity contribution in [2.75, 3.05) is 14.2 Å². The van der Waals surface area contributed by atoms with E-state index in [0.29, 0.717) is 15.7 Å². The maximum Gasteiger partial charge on any atom is 0.372 e. The van der Waals surface area contributed by atoms with E-state index in [1.165, 1.54) is 14.2 Å². The second kappa shape index (κ2) is 5.12. The van der Waals surface area contributed by atoms with Crippen LogP contribution < -0.4 is 4.74 Å². The van der Waals surface area contributed by atoms with E-state index in [2.05, 4.69) is 4.74 Å². The summed E-state index contributed by atoms with van der Waals surface area (Å²) < 4.78 is 9.58. The minimum atomic E-state index is -0.398. The Morgan fingerprint density at radius 1 is 1.43 bits per heavy atom. The summed E-state index contributed by atoms with van der Waals surface area (Å²) >= 11 is 6.72. The van der Waals surface area contributed by atoms with E-state index in [1.807, 2.05) is 0 Å². The maximum absolute atomic E-state index is 11.0. The summed E-state index contributed by atoms with van der Waals surface area (Å²) in [5, 5.41) is 0.155. The Bertz CT molecular complexity index is 341. The van der Waals surface area contributed by atoms with Gasteiger partial charge in [-0.25, -0.2) is 4.79 Å². The molecule has 1 rings (SSSR count). The average Bonchev–Trinajstić information content (AvgIpc) is 2.18. The van der Waals surface area contributed by atoms with Crippen molar-refractivity contribution in [2.45, 2.75) is 4.90 Å². The van der Waals surface area contributed by atoms with Gasteiger partial charge in [-0.3, -0.25) is 0 Å². The van der Waals surface area contributed by atoms with Gasteiger partial charge in [0.05, 0.1) is 19.1 Å².